The molecule has 32 heavy (non-hydrogen) atoms. The highest BCUT2D eigenvalue weighted by Crippen LogP contribution is 2.34. The molecule has 168 valence electrons. The highest BCUT2D eigenvalue weighted by Gasteiger charge is 2.25. The van der Waals surface area contributed by atoms with Crippen molar-refractivity contribution in [3.63, 3.8) is 0 Å². The third kappa shape index (κ3) is 5.37. The Labute approximate surface area is 190 Å². The Hall–Kier alpha value is -2.70. The first-order valence-electron chi connectivity index (χ1n) is 11.2. The van der Waals surface area contributed by atoms with E-state index in [0.717, 1.165) is 31.9 Å². The third-order valence-electron chi connectivity index (χ3n) is 6.37. The first-order valence-corrected chi connectivity index (χ1v) is 13.0. The summed E-state index contributed by atoms with van der Waals surface area (Å²) in [5, 5.41) is 6.41. The quantitative estimate of drug-likeness (QED) is 0.560. The number of rotatable bonds is 6. The van der Waals surface area contributed by atoms with E-state index in [2.05, 4.69) is 54.7 Å². The number of fused-ring (bicyclic) bond motifs is 1. The lowest BCUT2D eigenvalue weighted by atomic mass is 9.80. The normalized spacial score (nSPS) is 20.1. The minimum atomic E-state index is -3.57. The van der Waals surface area contributed by atoms with Crippen LogP contribution in [0, 0.1) is 0 Å². The van der Waals surface area contributed by atoms with E-state index in [1.807, 2.05) is 16.9 Å². The van der Waals surface area contributed by atoms with Crippen molar-refractivity contribution in [2.75, 3.05) is 6.26 Å². The molecule has 3 unspecified atom stereocenters. The summed E-state index contributed by atoms with van der Waals surface area (Å²) in [6, 6.07) is 23.0. The summed E-state index contributed by atoms with van der Waals surface area (Å²) in [4.78, 5) is 12.0. The summed E-state index contributed by atoms with van der Waals surface area (Å²) in [5.74, 6) is -0.167. The molecule has 2 N–H and O–H groups in total. The number of nitrogens with one attached hydrogen (secondary N) is 2. The molecule has 3 aromatic carbocycles. The Morgan fingerprint density at radius 1 is 0.969 bits per heavy atom. The predicted molar refractivity (Wildman–Crippen MR) is 129 cm³/mol. The number of hydrogen-bond donors (Lipinski definition) is 2. The maximum absolute atomic E-state index is 12.0. The fraction of sp³-hybridized carbons (Fsp3) is 0.346. The lowest BCUT2D eigenvalue weighted by Gasteiger charge is -2.32. The van der Waals surface area contributed by atoms with Gasteiger partial charge >= 0.3 is 0 Å². The van der Waals surface area contributed by atoms with Crippen LogP contribution in [0.25, 0.3) is 10.8 Å². The van der Waals surface area contributed by atoms with E-state index in [9.17, 15) is 13.2 Å². The van der Waals surface area contributed by atoms with Crippen LogP contribution in [0.15, 0.2) is 66.7 Å². The van der Waals surface area contributed by atoms with E-state index in [1.165, 1.54) is 21.9 Å². The zero-order chi connectivity index (χ0) is 22.7. The van der Waals surface area contributed by atoms with Crippen molar-refractivity contribution in [1.82, 2.24) is 10.0 Å². The molecule has 1 amide bonds. The molecule has 0 aliphatic heterocycles. The van der Waals surface area contributed by atoms with Crippen molar-refractivity contribution in [1.29, 1.82) is 0 Å². The lowest BCUT2D eigenvalue weighted by molar-refractivity contribution is 0.0981. The van der Waals surface area contributed by atoms with Crippen LogP contribution in [-0.4, -0.2) is 26.6 Å². The Kier molecular flexibility index (Phi) is 6.63. The van der Waals surface area contributed by atoms with Gasteiger partial charge in [0.25, 0.3) is 5.91 Å². The molecule has 1 aliphatic rings. The van der Waals surface area contributed by atoms with Crippen molar-refractivity contribution < 1.29 is 13.2 Å². The predicted octanol–water partition coefficient (Wildman–Crippen LogP) is 4.91. The maximum Gasteiger partial charge on any atom is 0.264 e. The van der Waals surface area contributed by atoms with Crippen LogP contribution in [-0.2, 0) is 10.0 Å². The van der Waals surface area contributed by atoms with Gasteiger partial charge in [0.15, 0.2) is 0 Å². The Morgan fingerprint density at radius 3 is 2.44 bits per heavy atom. The Balaban J connectivity index is 1.42. The van der Waals surface area contributed by atoms with Gasteiger partial charge in [0.1, 0.15) is 0 Å². The number of hydrogen-bond acceptors (Lipinski definition) is 4. The van der Waals surface area contributed by atoms with Crippen molar-refractivity contribution in [3.05, 3.63) is 83.4 Å². The number of amides is 1. The van der Waals surface area contributed by atoms with Crippen LogP contribution in [0.4, 0.5) is 0 Å². The summed E-state index contributed by atoms with van der Waals surface area (Å²) in [6.45, 7) is 2.24. The number of carbonyl (C=O) groups excluding carboxylic acids is 1. The van der Waals surface area contributed by atoms with E-state index in [-0.39, 0.29) is 6.04 Å². The van der Waals surface area contributed by atoms with Gasteiger partial charge < -0.3 is 5.32 Å². The fourth-order valence-corrected chi connectivity index (χ4v) is 5.30. The average Bonchev–Trinajstić information content (AvgIpc) is 2.78. The average molecular weight is 451 g/mol. The zero-order valence-corrected chi connectivity index (χ0v) is 19.4. The van der Waals surface area contributed by atoms with Crippen molar-refractivity contribution in [2.24, 2.45) is 0 Å². The zero-order valence-electron chi connectivity index (χ0n) is 18.5. The lowest BCUT2D eigenvalue weighted by Crippen LogP contribution is -2.35. The van der Waals surface area contributed by atoms with Crippen LogP contribution in [0.3, 0.4) is 0 Å². The van der Waals surface area contributed by atoms with Gasteiger partial charge in [-0.25, -0.2) is 13.1 Å². The summed E-state index contributed by atoms with van der Waals surface area (Å²) in [6.07, 6.45) is 5.45. The highest BCUT2D eigenvalue weighted by atomic mass is 32.2. The van der Waals surface area contributed by atoms with E-state index in [1.54, 1.807) is 12.1 Å². The number of sulfonamides is 1. The third-order valence-corrected chi connectivity index (χ3v) is 6.93. The van der Waals surface area contributed by atoms with Gasteiger partial charge in [-0.15, -0.1) is 0 Å². The van der Waals surface area contributed by atoms with E-state index in [0.29, 0.717) is 17.5 Å². The van der Waals surface area contributed by atoms with Crippen LogP contribution in [0.2, 0.25) is 0 Å². The minimum Gasteiger partial charge on any atom is -0.307 e. The van der Waals surface area contributed by atoms with E-state index < -0.39 is 15.9 Å². The first kappa shape index (κ1) is 22.5. The molecule has 0 spiro atoms. The molecule has 5 nitrogen and oxygen atoms in total. The summed E-state index contributed by atoms with van der Waals surface area (Å²) in [7, 11) is -3.57. The Bertz CT molecular complexity index is 1200. The van der Waals surface area contributed by atoms with Crippen molar-refractivity contribution in [2.45, 2.75) is 50.6 Å². The molecule has 6 heteroatoms. The molecule has 0 saturated heterocycles. The van der Waals surface area contributed by atoms with Crippen LogP contribution in [0.1, 0.15) is 66.1 Å². The Morgan fingerprint density at radius 2 is 1.69 bits per heavy atom. The van der Waals surface area contributed by atoms with Gasteiger partial charge in [-0.3, -0.25) is 4.79 Å². The molecule has 0 radical (unpaired) electrons. The van der Waals surface area contributed by atoms with Gasteiger partial charge in [-0.05, 0) is 66.1 Å². The molecule has 3 atom stereocenters. The first-order chi connectivity index (χ1) is 15.3. The summed E-state index contributed by atoms with van der Waals surface area (Å²) in [5.41, 5.74) is 2.88. The van der Waals surface area contributed by atoms with Gasteiger partial charge in [-0.1, -0.05) is 61.0 Å². The molecule has 3 aromatic rings. The second-order valence-corrected chi connectivity index (χ2v) is 10.6. The molecule has 0 heterocycles. The molecular weight excluding hydrogens is 420 g/mol. The standard InChI is InChI=1S/C26H30N2O3S/c1-18(24-12-6-8-20-7-3-4-11-25(20)24)27-23-10-5-9-22(17-23)19-13-15-21(16-14-19)26(29)28-32(2,30)31/h3-4,6-8,11-16,18,22-23,27H,5,9-10,17H2,1-2H3,(H,28,29). The summed E-state index contributed by atoms with van der Waals surface area (Å²) < 4.78 is 24.6. The minimum absolute atomic E-state index is 0.256. The molecule has 4 rings (SSSR count). The number of carbonyl (C=O) groups is 1. The van der Waals surface area contributed by atoms with Crippen molar-refractivity contribution >= 4 is 26.7 Å². The molecule has 0 aromatic heterocycles. The molecule has 1 saturated carbocycles. The van der Waals surface area contributed by atoms with Gasteiger partial charge in [0.05, 0.1) is 6.26 Å². The van der Waals surface area contributed by atoms with Crippen LogP contribution < -0.4 is 10.0 Å². The molecule has 1 fully saturated rings. The molecule has 0 bridgehead atoms. The van der Waals surface area contributed by atoms with Gasteiger partial charge in [-0.2, -0.15) is 0 Å². The fourth-order valence-electron chi connectivity index (χ4n) is 4.85. The largest absolute Gasteiger partial charge is 0.307 e. The topological polar surface area (TPSA) is 75.3 Å². The van der Waals surface area contributed by atoms with Gasteiger partial charge in [0.2, 0.25) is 10.0 Å². The molecule has 1 aliphatic carbocycles. The second-order valence-electron chi connectivity index (χ2n) is 8.84. The molecular formula is C26H30N2O3S. The monoisotopic (exact) mass is 450 g/mol. The smallest absolute Gasteiger partial charge is 0.264 e. The van der Waals surface area contributed by atoms with Crippen molar-refractivity contribution in [3.8, 4) is 0 Å². The van der Waals surface area contributed by atoms with Crippen LogP contribution in [0.5, 0.6) is 0 Å². The van der Waals surface area contributed by atoms with E-state index >= 15 is 0 Å². The SMILES string of the molecule is CC(NC1CCCC(c2ccc(C(=O)NS(C)(=O)=O)cc2)C1)c1cccc2ccccc12. The number of benzene rings is 3. The highest BCUT2D eigenvalue weighted by molar-refractivity contribution is 7.89. The second kappa shape index (κ2) is 9.43. The summed E-state index contributed by atoms with van der Waals surface area (Å²) >= 11 is 0. The van der Waals surface area contributed by atoms with Crippen LogP contribution >= 0.6 is 0 Å². The maximum atomic E-state index is 12.0. The van der Waals surface area contributed by atoms with Gasteiger partial charge in [0, 0.05) is 17.6 Å². The van der Waals surface area contributed by atoms with E-state index in [4.69, 9.17) is 0 Å².